The molecule has 0 aromatic carbocycles. The van der Waals surface area contributed by atoms with Crippen molar-refractivity contribution in [2.75, 3.05) is 0 Å². The lowest BCUT2D eigenvalue weighted by Gasteiger charge is -2.34. The van der Waals surface area contributed by atoms with Crippen molar-refractivity contribution in [3.05, 3.63) is 29.4 Å². The molecular weight excluding hydrogens is 164 g/mol. The van der Waals surface area contributed by atoms with Gasteiger partial charge in [-0.05, 0) is 37.5 Å². The van der Waals surface area contributed by atoms with Crippen molar-refractivity contribution in [2.45, 2.75) is 31.9 Å². The molecule has 1 aromatic heterocycles. The summed E-state index contributed by atoms with van der Waals surface area (Å²) in [7, 11) is 0. The third kappa shape index (κ3) is 1.40. The summed E-state index contributed by atoms with van der Waals surface area (Å²) in [4.78, 5) is 0. The number of aryl methyl sites for hydroxylation is 1. The minimum atomic E-state index is -0.253. The Balaban J connectivity index is 2.36. The number of aliphatic hydroxyl groups is 1. The number of rotatable bonds is 1. The van der Waals surface area contributed by atoms with Gasteiger partial charge in [-0.3, -0.25) is 5.41 Å². The first-order valence-electron chi connectivity index (χ1n) is 4.60. The number of aromatic nitrogens is 1. The fraction of sp³-hybridized carbons (Fsp3) is 0.500. The van der Waals surface area contributed by atoms with Crippen molar-refractivity contribution in [2.24, 2.45) is 0 Å². The first-order chi connectivity index (χ1) is 6.18. The van der Waals surface area contributed by atoms with Crippen LogP contribution in [0.5, 0.6) is 0 Å². The van der Waals surface area contributed by atoms with Gasteiger partial charge in [0.15, 0.2) is 0 Å². The van der Waals surface area contributed by atoms with Gasteiger partial charge in [0.1, 0.15) is 5.49 Å². The second-order valence-electron chi connectivity index (χ2n) is 3.71. The van der Waals surface area contributed by atoms with Crippen LogP contribution >= 0.6 is 0 Å². The van der Waals surface area contributed by atoms with E-state index in [1.165, 1.54) is 0 Å². The summed E-state index contributed by atoms with van der Waals surface area (Å²) < 4.78 is 1.85. The van der Waals surface area contributed by atoms with E-state index >= 15 is 0 Å². The van der Waals surface area contributed by atoms with Crippen LogP contribution in [-0.4, -0.2) is 15.8 Å². The molecule has 70 valence electrons. The molecule has 0 unspecified atom stereocenters. The molecule has 1 heterocycles. The molecule has 0 radical (unpaired) electrons. The molecule has 1 aliphatic carbocycles. The lowest BCUT2D eigenvalue weighted by atomic mass is 9.89. The lowest BCUT2D eigenvalue weighted by molar-refractivity contribution is 0.0292. The molecule has 13 heavy (non-hydrogen) atoms. The van der Waals surface area contributed by atoms with E-state index in [0.29, 0.717) is 5.49 Å². The van der Waals surface area contributed by atoms with E-state index in [2.05, 4.69) is 0 Å². The summed E-state index contributed by atoms with van der Waals surface area (Å²) in [6.07, 6.45) is 3.49. The van der Waals surface area contributed by atoms with Gasteiger partial charge >= 0.3 is 0 Å². The quantitative estimate of drug-likeness (QED) is 0.661. The van der Waals surface area contributed by atoms with E-state index in [1.807, 2.05) is 29.8 Å². The molecule has 2 rings (SSSR count). The summed E-state index contributed by atoms with van der Waals surface area (Å²) >= 11 is 0. The fourth-order valence-electron chi connectivity index (χ4n) is 1.69. The Labute approximate surface area is 77.2 Å². The monoisotopic (exact) mass is 178 g/mol. The van der Waals surface area contributed by atoms with Crippen molar-refractivity contribution >= 4 is 0 Å². The molecule has 2 atom stereocenters. The Kier molecular flexibility index (Phi) is 1.96. The summed E-state index contributed by atoms with van der Waals surface area (Å²) in [6.45, 7) is 1.97. The maximum Gasteiger partial charge on any atom is 0.125 e. The van der Waals surface area contributed by atoms with Crippen molar-refractivity contribution in [1.29, 1.82) is 5.41 Å². The number of pyridine rings is 1. The Morgan fingerprint density at radius 3 is 2.77 bits per heavy atom. The molecule has 0 bridgehead atoms. The summed E-state index contributed by atoms with van der Waals surface area (Å²) in [6, 6.07) is 3.93. The van der Waals surface area contributed by atoms with Gasteiger partial charge in [-0.15, -0.1) is 0 Å². The van der Waals surface area contributed by atoms with Gasteiger partial charge in [0, 0.05) is 6.20 Å². The maximum absolute atomic E-state index is 9.45. The highest BCUT2D eigenvalue weighted by Gasteiger charge is 2.29. The van der Waals surface area contributed by atoms with Gasteiger partial charge < -0.3 is 9.67 Å². The third-order valence-electron chi connectivity index (χ3n) is 2.70. The Morgan fingerprint density at radius 2 is 2.31 bits per heavy atom. The average Bonchev–Trinajstić information content (AvgIpc) is 2.07. The molecule has 0 spiro atoms. The normalized spacial score (nSPS) is 26.9. The molecule has 1 saturated carbocycles. The van der Waals surface area contributed by atoms with Crippen LogP contribution in [0.1, 0.15) is 24.4 Å². The number of hydrogen-bond acceptors (Lipinski definition) is 2. The number of hydrogen-bond donors (Lipinski definition) is 2. The molecule has 1 aromatic rings. The highest BCUT2D eigenvalue weighted by molar-refractivity contribution is 5.08. The molecule has 0 aliphatic heterocycles. The number of nitrogens with zero attached hydrogens (tertiary/aromatic N) is 1. The first kappa shape index (κ1) is 8.51. The third-order valence-corrected chi connectivity index (χ3v) is 2.70. The highest BCUT2D eigenvalue weighted by Crippen LogP contribution is 2.30. The van der Waals surface area contributed by atoms with Crippen LogP contribution in [0.15, 0.2) is 18.3 Å². The molecule has 3 heteroatoms. The zero-order valence-electron chi connectivity index (χ0n) is 7.70. The van der Waals surface area contributed by atoms with E-state index in [9.17, 15) is 5.11 Å². The van der Waals surface area contributed by atoms with Crippen molar-refractivity contribution < 1.29 is 5.11 Å². The largest absolute Gasteiger partial charge is 0.391 e. The molecule has 1 aliphatic rings. The van der Waals surface area contributed by atoms with Gasteiger partial charge in [-0.1, -0.05) is 0 Å². The first-order valence-corrected chi connectivity index (χ1v) is 4.60. The molecule has 2 N–H and O–H groups in total. The van der Waals surface area contributed by atoms with E-state index in [-0.39, 0.29) is 12.1 Å². The Morgan fingerprint density at radius 1 is 1.54 bits per heavy atom. The van der Waals surface area contributed by atoms with Gasteiger partial charge in [-0.25, -0.2) is 0 Å². The summed E-state index contributed by atoms with van der Waals surface area (Å²) in [5.41, 5.74) is 1.58. The lowest BCUT2D eigenvalue weighted by Crippen LogP contribution is -2.38. The standard InChI is InChI=1S/C10H14N2O/c1-7-4-5-12(10(11)6-7)8-2-3-9(8)13/h4-6,8-9,11,13H,2-3H2,1H3/t8-,9-/m1/s1. The average molecular weight is 178 g/mol. The predicted molar refractivity (Wildman–Crippen MR) is 49.3 cm³/mol. The minimum Gasteiger partial charge on any atom is -0.391 e. The van der Waals surface area contributed by atoms with Crippen molar-refractivity contribution in [3.8, 4) is 0 Å². The summed E-state index contributed by atoms with van der Waals surface area (Å²) in [5.74, 6) is 0. The van der Waals surface area contributed by atoms with Crippen LogP contribution in [0, 0.1) is 12.3 Å². The van der Waals surface area contributed by atoms with Gasteiger partial charge in [-0.2, -0.15) is 0 Å². The minimum absolute atomic E-state index is 0.132. The zero-order chi connectivity index (χ0) is 9.42. The Hall–Kier alpha value is -1.09. The number of nitrogens with one attached hydrogen (secondary N) is 1. The second-order valence-corrected chi connectivity index (χ2v) is 3.71. The van der Waals surface area contributed by atoms with E-state index in [1.54, 1.807) is 0 Å². The second kappa shape index (κ2) is 3.00. The smallest absolute Gasteiger partial charge is 0.125 e. The molecule has 3 nitrogen and oxygen atoms in total. The zero-order valence-corrected chi connectivity index (χ0v) is 7.70. The molecular formula is C10H14N2O. The maximum atomic E-state index is 9.45. The van der Waals surface area contributed by atoms with Crippen LogP contribution in [0.3, 0.4) is 0 Å². The van der Waals surface area contributed by atoms with E-state index < -0.39 is 0 Å². The predicted octanol–water partition coefficient (Wildman–Crippen LogP) is 0.972. The molecule has 1 fully saturated rings. The molecule has 0 saturated heterocycles. The van der Waals surface area contributed by atoms with Crippen LogP contribution in [-0.2, 0) is 0 Å². The SMILES string of the molecule is Cc1ccn([C@@H]2CC[C@H]2O)c(=N)c1. The Bertz CT molecular complexity index is 369. The topological polar surface area (TPSA) is 49.0 Å². The van der Waals surface area contributed by atoms with Crippen LogP contribution in [0.2, 0.25) is 0 Å². The van der Waals surface area contributed by atoms with Crippen LogP contribution < -0.4 is 5.49 Å². The summed E-state index contributed by atoms with van der Waals surface area (Å²) in [5, 5.41) is 17.2. The molecule has 0 amide bonds. The van der Waals surface area contributed by atoms with E-state index in [0.717, 1.165) is 18.4 Å². The van der Waals surface area contributed by atoms with Crippen LogP contribution in [0.4, 0.5) is 0 Å². The van der Waals surface area contributed by atoms with Crippen LogP contribution in [0.25, 0.3) is 0 Å². The van der Waals surface area contributed by atoms with Crippen molar-refractivity contribution in [1.82, 2.24) is 4.57 Å². The fourth-order valence-corrected chi connectivity index (χ4v) is 1.69. The van der Waals surface area contributed by atoms with Crippen molar-refractivity contribution in [3.63, 3.8) is 0 Å². The van der Waals surface area contributed by atoms with Gasteiger partial charge in [0.2, 0.25) is 0 Å². The highest BCUT2D eigenvalue weighted by atomic mass is 16.3. The van der Waals surface area contributed by atoms with Gasteiger partial charge in [0.05, 0.1) is 12.1 Å². The van der Waals surface area contributed by atoms with Gasteiger partial charge in [0.25, 0.3) is 0 Å². The van der Waals surface area contributed by atoms with E-state index in [4.69, 9.17) is 5.41 Å². The number of aliphatic hydroxyl groups excluding tert-OH is 1.